The molecule has 0 aromatic heterocycles. The predicted octanol–water partition coefficient (Wildman–Crippen LogP) is 8.68. The fourth-order valence-electron chi connectivity index (χ4n) is 3.61. The van der Waals surface area contributed by atoms with Gasteiger partial charge in [-0.25, -0.2) is 4.79 Å². The highest BCUT2D eigenvalue weighted by Gasteiger charge is 2.04. The van der Waals surface area contributed by atoms with E-state index in [1.54, 1.807) is 6.08 Å². The standard InChI is InChI=1S/C27H50O3/c1-4-6-7-8-9-10-11-12-13-14-15-16-17-18-19-20-21-22-23-26(3)27(28)30-25-29-24-5-2/h5,23H,2,4,6-22,24-25H2,1,3H3. The minimum absolute atomic E-state index is 0.00480. The van der Waals surface area contributed by atoms with E-state index in [4.69, 9.17) is 9.47 Å². The van der Waals surface area contributed by atoms with Gasteiger partial charge in [-0.2, -0.15) is 0 Å². The van der Waals surface area contributed by atoms with Gasteiger partial charge in [0.2, 0.25) is 0 Å². The topological polar surface area (TPSA) is 35.5 Å². The summed E-state index contributed by atoms with van der Waals surface area (Å²) in [5.74, 6) is -0.286. The third-order valence-corrected chi connectivity index (χ3v) is 5.59. The summed E-state index contributed by atoms with van der Waals surface area (Å²) in [5, 5.41) is 0. The van der Waals surface area contributed by atoms with Crippen LogP contribution in [0.4, 0.5) is 0 Å². The second kappa shape index (κ2) is 24.2. The second-order valence-corrected chi connectivity index (χ2v) is 8.54. The molecule has 0 unspecified atom stereocenters. The highest BCUT2D eigenvalue weighted by Crippen LogP contribution is 2.14. The van der Waals surface area contributed by atoms with Crippen molar-refractivity contribution in [2.45, 2.75) is 129 Å². The zero-order valence-electron chi connectivity index (χ0n) is 20.2. The van der Waals surface area contributed by atoms with Crippen molar-refractivity contribution in [3.05, 3.63) is 24.3 Å². The van der Waals surface area contributed by atoms with Gasteiger partial charge < -0.3 is 9.47 Å². The van der Waals surface area contributed by atoms with Crippen LogP contribution in [0.3, 0.4) is 0 Å². The maximum absolute atomic E-state index is 11.7. The van der Waals surface area contributed by atoms with Crippen molar-refractivity contribution in [2.24, 2.45) is 0 Å². The molecule has 30 heavy (non-hydrogen) atoms. The number of hydrogen-bond acceptors (Lipinski definition) is 3. The van der Waals surface area contributed by atoms with Crippen LogP contribution in [0.2, 0.25) is 0 Å². The lowest BCUT2D eigenvalue weighted by atomic mass is 10.0. The van der Waals surface area contributed by atoms with Crippen molar-refractivity contribution >= 4 is 5.97 Å². The molecular formula is C27H50O3. The Hall–Kier alpha value is -1.09. The summed E-state index contributed by atoms with van der Waals surface area (Å²) in [4.78, 5) is 11.7. The minimum atomic E-state index is -0.286. The van der Waals surface area contributed by atoms with Crippen LogP contribution in [0.5, 0.6) is 0 Å². The molecule has 0 amide bonds. The van der Waals surface area contributed by atoms with Crippen LogP contribution in [-0.4, -0.2) is 19.4 Å². The third-order valence-electron chi connectivity index (χ3n) is 5.59. The molecule has 0 N–H and O–H groups in total. The van der Waals surface area contributed by atoms with Gasteiger partial charge in [0.15, 0.2) is 6.79 Å². The molecule has 0 saturated heterocycles. The molecule has 3 nitrogen and oxygen atoms in total. The number of carbonyl (C=O) groups is 1. The van der Waals surface area contributed by atoms with Gasteiger partial charge in [-0.1, -0.05) is 122 Å². The predicted molar refractivity (Wildman–Crippen MR) is 130 cm³/mol. The SMILES string of the molecule is C=CCOCOC(=O)C(C)=CCCCCCCCCCCCCCCCCCCC. The monoisotopic (exact) mass is 422 g/mol. The lowest BCUT2D eigenvalue weighted by Gasteiger charge is -2.05. The first-order valence-electron chi connectivity index (χ1n) is 12.7. The smallest absolute Gasteiger partial charge is 0.335 e. The number of ether oxygens (including phenoxy) is 2. The van der Waals surface area contributed by atoms with E-state index >= 15 is 0 Å². The second-order valence-electron chi connectivity index (χ2n) is 8.54. The van der Waals surface area contributed by atoms with Crippen LogP contribution >= 0.6 is 0 Å². The number of hydrogen-bond donors (Lipinski definition) is 0. The van der Waals surface area contributed by atoms with Gasteiger partial charge in [-0.15, -0.1) is 6.58 Å². The molecule has 0 aliphatic heterocycles. The number of rotatable bonds is 23. The van der Waals surface area contributed by atoms with Crippen molar-refractivity contribution in [1.29, 1.82) is 0 Å². The van der Waals surface area contributed by atoms with Gasteiger partial charge in [0.25, 0.3) is 0 Å². The minimum Gasteiger partial charge on any atom is -0.435 e. The molecule has 0 fully saturated rings. The first-order valence-corrected chi connectivity index (χ1v) is 12.7. The Labute approximate surface area is 187 Å². The molecule has 0 saturated carbocycles. The lowest BCUT2D eigenvalue weighted by Crippen LogP contribution is -2.09. The highest BCUT2D eigenvalue weighted by molar-refractivity contribution is 5.87. The van der Waals surface area contributed by atoms with E-state index in [-0.39, 0.29) is 12.8 Å². The zero-order chi connectivity index (χ0) is 22.1. The van der Waals surface area contributed by atoms with Crippen LogP contribution in [0.15, 0.2) is 24.3 Å². The molecule has 0 atom stereocenters. The van der Waals surface area contributed by atoms with Gasteiger partial charge in [-0.05, 0) is 19.8 Å². The molecule has 0 rings (SSSR count). The van der Waals surface area contributed by atoms with Crippen LogP contribution in [-0.2, 0) is 14.3 Å². The summed E-state index contributed by atoms with van der Waals surface area (Å²) in [6.07, 6.45) is 28.1. The molecule has 0 aliphatic rings. The quantitative estimate of drug-likeness (QED) is 0.0543. The summed E-state index contributed by atoms with van der Waals surface area (Å²) < 4.78 is 10.1. The first kappa shape index (κ1) is 28.9. The molecule has 0 spiro atoms. The van der Waals surface area contributed by atoms with Gasteiger partial charge in [-0.3, -0.25) is 0 Å². The normalized spacial score (nSPS) is 11.6. The summed E-state index contributed by atoms with van der Waals surface area (Å²) >= 11 is 0. The van der Waals surface area contributed by atoms with E-state index in [9.17, 15) is 4.79 Å². The maximum atomic E-state index is 11.7. The van der Waals surface area contributed by atoms with Gasteiger partial charge in [0.05, 0.1) is 6.61 Å². The summed E-state index contributed by atoms with van der Waals surface area (Å²) in [7, 11) is 0. The van der Waals surface area contributed by atoms with E-state index in [0.29, 0.717) is 12.2 Å². The Balaban J connectivity index is 3.28. The van der Waals surface area contributed by atoms with Crippen LogP contribution < -0.4 is 0 Å². The molecule has 0 heterocycles. The number of allylic oxidation sites excluding steroid dienone is 1. The van der Waals surface area contributed by atoms with Crippen LogP contribution in [0.25, 0.3) is 0 Å². The molecule has 0 aliphatic carbocycles. The Morgan fingerprint density at radius 3 is 1.60 bits per heavy atom. The summed E-state index contributed by atoms with van der Waals surface area (Å²) in [5.41, 5.74) is 0.675. The molecule has 0 bridgehead atoms. The summed E-state index contributed by atoms with van der Waals surface area (Å²) in [6.45, 7) is 8.03. The molecule has 0 aromatic rings. The Morgan fingerprint density at radius 1 is 0.733 bits per heavy atom. The van der Waals surface area contributed by atoms with Gasteiger partial charge >= 0.3 is 5.97 Å². The Morgan fingerprint density at radius 2 is 1.17 bits per heavy atom. The number of esters is 1. The van der Waals surface area contributed by atoms with E-state index in [2.05, 4.69) is 13.5 Å². The Bertz CT molecular complexity index is 414. The van der Waals surface area contributed by atoms with Crippen molar-refractivity contribution in [3.63, 3.8) is 0 Å². The first-order chi connectivity index (χ1) is 14.7. The average molecular weight is 423 g/mol. The van der Waals surface area contributed by atoms with E-state index < -0.39 is 0 Å². The van der Waals surface area contributed by atoms with Crippen molar-refractivity contribution in [3.8, 4) is 0 Å². The van der Waals surface area contributed by atoms with Crippen LogP contribution in [0.1, 0.15) is 129 Å². The maximum Gasteiger partial charge on any atom is 0.335 e. The number of carbonyl (C=O) groups excluding carboxylic acids is 1. The third kappa shape index (κ3) is 21.6. The van der Waals surface area contributed by atoms with E-state index in [0.717, 1.165) is 12.8 Å². The van der Waals surface area contributed by atoms with Crippen LogP contribution in [0, 0.1) is 0 Å². The molecule has 3 heteroatoms. The van der Waals surface area contributed by atoms with Crippen molar-refractivity contribution in [2.75, 3.05) is 13.4 Å². The zero-order valence-corrected chi connectivity index (χ0v) is 20.2. The van der Waals surface area contributed by atoms with Gasteiger partial charge in [0, 0.05) is 5.57 Å². The van der Waals surface area contributed by atoms with Crippen molar-refractivity contribution < 1.29 is 14.3 Å². The largest absolute Gasteiger partial charge is 0.435 e. The fourth-order valence-corrected chi connectivity index (χ4v) is 3.61. The van der Waals surface area contributed by atoms with E-state index in [1.807, 2.05) is 13.0 Å². The molecular weight excluding hydrogens is 372 g/mol. The molecule has 0 aromatic carbocycles. The summed E-state index contributed by atoms with van der Waals surface area (Å²) in [6, 6.07) is 0. The number of unbranched alkanes of at least 4 members (excludes halogenated alkanes) is 17. The Kier molecular flexibility index (Phi) is 23.3. The molecule has 0 radical (unpaired) electrons. The fraction of sp³-hybridized carbons (Fsp3) is 0.815. The average Bonchev–Trinajstić information content (AvgIpc) is 2.75. The van der Waals surface area contributed by atoms with Crippen molar-refractivity contribution in [1.82, 2.24) is 0 Å². The highest BCUT2D eigenvalue weighted by atomic mass is 16.7. The van der Waals surface area contributed by atoms with Gasteiger partial charge in [0.1, 0.15) is 0 Å². The molecule has 176 valence electrons. The lowest BCUT2D eigenvalue weighted by molar-refractivity contribution is -0.150. The van der Waals surface area contributed by atoms with E-state index in [1.165, 1.54) is 103 Å².